The van der Waals surface area contributed by atoms with Gasteiger partial charge in [0.15, 0.2) is 5.82 Å². The highest BCUT2D eigenvalue weighted by atomic mass is 79.9. The molecule has 2 rings (SSSR count). The quantitative estimate of drug-likeness (QED) is 0.894. The van der Waals surface area contributed by atoms with Gasteiger partial charge in [-0.2, -0.15) is 4.98 Å². The summed E-state index contributed by atoms with van der Waals surface area (Å²) in [5, 5.41) is 0. The molecule has 0 bridgehead atoms. The molecule has 2 aromatic rings. The van der Waals surface area contributed by atoms with Crippen molar-refractivity contribution in [3.8, 4) is 11.6 Å². The molecule has 0 aliphatic carbocycles. The van der Waals surface area contributed by atoms with Crippen LogP contribution in [0.1, 0.15) is 0 Å². The lowest BCUT2D eigenvalue weighted by molar-refractivity contribution is 0.461. The first-order valence-electron chi connectivity index (χ1n) is 4.71. The van der Waals surface area contributed by atoms with Gasteiger partial charge in [0, 0.05) is 6.07 Å². The van der Waals surface area contributed by atoms with Gasteiger partial charge in [-0.3, -0.25) is 0 Å². The highest BCUT2D eigenvalue weighted by Gasteiger charge is 2.04. The Hall–Kier alpha value is -1.82. The molecule has 0 aliphatic heterocycles. The molecule has 0 spiro atoms. The van der Waals surface area contributed by atoms with Gasteiger partial charge in [-0.05, 0) is 40.2 Å². The number of nitrogens with zero attached hydrogens (tertiary/aromatic N) is 1. The van der Waals surface area contributed by atoms with E-state index in [-0.39, 0.29) is 11.6 Å². The summed E-state index contributed by atoms with van der Waals surface area (Å²) in [6.45, 7) is 0. The Balaban J connectivity index is 2.25. The van der Waals surface area contributed by atoms with Gasteiger partial charge in [0.2, 0.25) is 5.88 Å². The Morgan fingerprint density at radius 1 is 1.18 bits per heavy atom. The van der Waals surface area contributed by atoms with Crippen LogP contribution in [0.3, 0.4) is 0 Å². The van der Waals surface area contributed by atoms with Crippen LogP contribution in [-0.2, 0) is 0 Å². The third kappa shape index (κ3) is 2.65. The Kier molecular flexibility index (Phi) is 3.14. The van der Waals surface area contributed by atoms with Crippen molar-refractivity contribution in [2.24, 2.45) is 0 Å². The van der Waals surface area contributed by atoms with E-state index in [1.807, 2.05) is 0 Å². The lowest BCUT2D eigenvalue weighted by Gasteiger charge is -2.07. The Morgan fingerprint density at radius 2 is 1.94 bits per heavy atom. The van der Waals surface area contributed by atoms with Crippen molar-refractivity contribution >= 4 is 27.4 Å². The van der Waals surface area contributed by atoms with Gasteiger partial charge in [0.05, 0.1) is 10.2 Å². The predicted molar refractivity (Wildman–Crippen MR) is 67.2 cm³/mol. The maximum atomic E-state index is 13.0. The monoisotopic (exact) mass is 297 g/mol. The van der Waals surface area contributed by atoms with Gasteiger partial charge in [0.1, 0.15) is 11.6 Å². The van der Waals surface area contributed by atoms with E-state index in [0.717, 1.165) is 0 Å². The molecule has 88 valence electrons. The number of anilines is 2. The molecule has 0 fully saturated rings. The largest absolute Gasteiger partial charge is 0.439 e. The molecule has 4 N–H and O–H groups in total. The fourth-order valence-electron chi connectivity index (χ4n) is 1.18. The molecule has 4 nitrogen and oxygen atoms in total. The van der Waals surface area contributed by atoms with Crippen LogP contribution < -0.4 is 16.2 Å². The van der Waals surface area contributed by atoms with E-state index >= 15 is 0 Å². The average molecular weight is 298 g/mol. The third-order valence-electron chi connectivity index (χ3n) is 2.05. The summed E-state index contributed by atoms with van der Waals surface area (Å²) in [7, 11) is 0. The van der Waals surface area contributed by atoms with Crippen LogP contribution in [0, 0.1) is 5.82 Å². The van der Waals surface area contributed by atoms with Crippen LogP contribution in [0.5, 0.6) is 11.6 Å². The molecular weight excluding hydrogens is 289 g/mol. The normalized spacial score (nSPS) is 10.2. The molecule has 0 saturated heterocycles. The lowest BCUT2D eigenvalue weighted by atomic mass is 10.3. The van der Waals surface area contributed by atoms with Crippen molar-refractivity contribution in [1.29, 1.82) is 0 Å². The Bertz CT molecular complexity index is 513. The maximum Gasteiger partial charge on any atom is 0.221 e. The number of halogens is 2. The number of nitrogen functional groups attached to an aromatic ring is 2. The topological polar surface area (TPSA) is 74.2 Å². The molecule has 1 aromatic carbocycles. The van der Waals surface area contributed by atoms with E-state index in [0.29, 0.717) is 21.8 Å². The van der Waals surface area contributed by atoms with Crippen LogP contribution in [-0.4, -0.2) is 4.98 Å². The zero-order valence-electron chi connectivity index (χ0n) is 8.65. The predicted octanol–water partition coefficient (Wildman–Crippen LogP) is 2.94. The molecule has 0 unspecified atom stereocenters. The van der Waals surface area contributed by atoms with Crippen LogP contribution in [0.2, 0.25) is 0 Å². The Morgan fingerprint density at radius 3 is 2.59 bits per heavy atom. The molecule has 0 amide bonds. The minimum absolute atomic E-state index is 0.198. The molecule has 0 aliphatic rings. The second-order valence-electron chi connectivity index (χ2n) is 3.30. The van der Waals surface area contributed by atoms with Gasteiger partial charge in [0.25, 0.3) is 0 Å². The molecular formula is C11H9BrFN3O. The number of hydrogen-bond acceptors (Lipinski definition) is 4. The highest BCUT2D eigenvalue weighted by molar-refractivity contribution is 9.10. The van der Waals surface area contributed by atoms with Gasteiger partial charge >= 0.3 is 0 Å². The van der Waals surface area contributed by atoms with Crippen molar-refractivity contribution in [3.05, 3.63) is 40.6 Å². The number of rotatable bonds is 2. The van der Waals surface area contributed by atoms with E-state index in [1.54, 1.807) is 12.1 Å². The summed E-state index contributed by atoms with van der Waals surface area (Å²) >= 11 is 3.07. The van der Waals surface area contributed by atoms with E-state index in [2.05, 4.69) is 20.9 Å². The number of ether oxygens (including phenoxy) is 1. The molecule has 6 heteroatoms. The van der Waals surface area contributed by atoms with Gasteiger partial charge in [-0.1, -0.05) is 0 Å². The first kappa shape index (κ1) is 11.7. The van der Waals surface area contributed by atoms with E-state index in [4.69, 9.17) is 16.2 Å². The van der Waals surface area contributed by atoms with Crippen molar-refractivity contribution in [2.45, 2.75) is 0 Å². The third-order valence-corrected chi connectivity index (χ3v) is 2.65. The summed E-state index contributed by atoms with van der Waals surface area (Å²) in [5.74, 6) is 0.593. The van der Waals surface area contributed by atoms with Crippen LogP contribution in [0.15, 0.2) is 34.8 Å². The van der Waals surface area contributed by atoms with Crippen molar-refractivity contribution in [2.75, 3.05) is 11.5 Å². The number of aromatic nitrogens is 1. The fraction of sp³-hybridized carbons (Fsp3) is 0. The van der Waals surface area contributed by atoms with Gasteiger partial charge in [-0.15, -0.1) is 0 Å². The molecule has 0 saturated carbocycles. The molecule has 0 radical (unpaired) electrons. The van der Waals surface area contributed by atoms with E-state index in [1.165, 1.54) is 18.2 Å². The number of nitrogens with two attached hydrogens (primary N) is 2. The lowest BCUT2D eigenvalue weighted by Crippen LogP contribution is -1.98. The average Bonchev–Trinajstić information content (AvgIpc) is 2.29. The zero-order valence-corrected chi connectivity index (χ0v) is 10.2. The fourth-order valence-corrected chi connectivity index (χ4v) is 1.54. The Labute approximate surface area is 106 Å². The van der Waals surface area contributed by atoms with Crippen LogP contribution >= 0.6 is 15.9 Å². The van der Waals surface area contributed by atoms with Crippen LogP contribution in [0.25, 0.3) is 0 Å². The summed E-state index contributed by atoms with van der Waals surface area (Å²) in [6.07, 6.45) is 0. The number of benzene rings is 1. The minimum atomic E-state index is -0.359. The summed E-state index contributed by atoms with van der Waals surface area (Å²) in [5.41, 5.74) is 11.5. The number of hydrogen-bond donors (Lipinski definition) is 2. The highest BCUT2D eigenvalue weighted by Crippen LogP contribution is 2.26. The standard InChI is InChI=1S/C11H9BrFN3O/c12-7-5-6(1-2-8(7)13)17-10-4-3-9(14)11(15)16-10/h1-5H,14H2,(H2,15,16). The second kappa shape index (κ2) is 4.58. The van der Waals surface area contributed by atoms with E-state index in [9.17, 15) is 4.39 Å². The first-order valence-corrected chi connectivity index (χ1v) is 5.50. The van der Waals surface area contributed by atoms with Gasteiger partial charge in [-0.25, -0.2) is 4.39 Å². The zero-order chi connectivity index (χ0) is 12.4. The smallest absolute Gasteiger partial charge is 0.221 e. The first-order chi connectivity index (χ1) is 8.06. The van der Waals surface area contributed by atoms with Crippen molar-refractivity contribution < 1.29 is 9.13 Å². The summed E-state index contributed by atoms with van der Waals surface area (Å²) < 4.78 is 18.7. The van der Waals surface area contributed by atoms with E-state index < -0.39 is 0 Å². The minimum Gasteiger partial charge on any atom is -0.439 e. The summed E-state index contributed by atoms with van der Waals surface area (Å²) in [6, 6.07) is 7.47. The van der Waals surface area contributed by atoms with Gasteiger partial charge < -0.3 is 16.2 Å². The maximum absolute atomic E-state index is 13.0. The SMILES string of the molecule is Nc1ccc(Oc2ccc(F)c(Br)c2)nc1N. The molecule has 17 heavy (non-hydrogen) atoms. The number of pyridine rings is 1. The van der Waals surface area contributed by atoms with Crippen molar-refractivity contribution in [3.63, 3.8) is 0 Å². The molecule has 0 atom stereocenters. The summed E-state index contributed by atoms with van der Waals surface area (Å²) in [4.78, 5) is 3.94. The van der Waals surface area contributed by atoms with Crippen LogP contribution in [0.4, 0.5) is 15.9 Å². The van der Waals surface area contributed by atoms with Crippen molar-refractivity contribution in [1.82, 2.24) is 4.98 Å². The second-order valence-corrected chi connectivity index (χ2v) is 4.16. The molecule has 1 heterocycles. The molecule has 1 aromatic heterocycles.